The number of ether oxygens (including phenoxy) is 3. The molecular weight excluding hydrogens is 282 g/mol. The van der Waals surface area contributed by atoms with Crippen LogP contribution in [0.3, 0.4) is 0 Å². The number of rotatable bonds is 2. The first-order chi connectivity index (χ1) is 10.7. The van der Waals surface area contributed by atoms with Crippen LogP contribution in [0, 0.1) is 5.92 Å². The van der Waals surface area contributed by atoms with Crippen molar-refractivity contribution in [3.05, 3.63) is 23.8 Å². The average Bonchev–Trinajstić information content (AvgIpc) is 3.10. The molecule has 3 aliphatic rings. The van der Waals surface area contributed by atoms with E-state index < -0.39 is 0 Å². The predicted octanol–water partition coefficient (Wildman–Crippen LogP) is 1.98. The van der Waals surface area contributed by atoms with E-state index >= 15 is 0 Å². The van der Waals surface area contributed by atoms with Crippen molar-refractivity contribution in [1.82, 2.24) is 4.90 Å². The van der Waals surface area contributed by atoms with E-state index in [1.165, 1.54) is 0 Å². The topological polar surface area (TPSA) is 48.0 Å². The van der Waals surface area contributed by atoms with Gasteiger partial charge in [0.2, 0.25) is 12.7 Å². The third kappa shape index (κ3) is 2.54. The van der Waals surface area contributed by atoms with Crippen LogP contribution < -0.4 is 9.47 Å². The van der Waals surface area contributed by atoms with Gasteiger partial charge in [-0.3, -0.25) is 4.79 Å². The number of hydrogen-bond acceptors (Lipinski definition) is 4. The molecule has 0 aromatic heterocycles. The lowest BCUT2D eigenvalue weighted by molar-refractivity contribution is -0.133. The minimum absolute atomic E-state index is 0.192. The second kappa shape index (κ2) is 5.47. The van der Waals surface area contributed by atoms with Crippen LogP contribution in [0.4, 0.5) is 0 Å². The minimum atomic E-state index is 0.192. The number of likely N-dealkylation sites (tertiary alicyclic amines) is 1. The summed E-state index contributed by atoms with van der Waals surface area (Å²) in [5, 5.41) is 0. The van der Waals surface area contributed by atoms with Crippen molar-refractivity contribution in [2.45, 2.75) is 38.4 Å². The summed E-state index contributed by atoms with van der Waals surface area (Å²) in [7, 11) is 0. The number of amides is 1. The molecule has 0 aliphatic carbocycles. The number of carbonyl (C=O) groups excluding carboxylic acids is 1. The molecule has 4 rings (SSSR count). The first-order valence-electron chi connectivity index (χ1n) is 8.01. The maximum Gasteiger partial charge on any atom is 0.231 e. The van der Waals surface area contributed by atoms with Gasteiger partial charge in [-0.2, -0.15) is 0 Å². The largest absolute Gasteiger partial charge is 0.454 e. The Balaban J connectivity index is 1.40. The fraction of sp³-hybridized carbons (Fsp3) is 0.588. The van der Waals surface area contributed by atoms with E-state index in [0.717, 1.165) is 43.0 Å². The van der Waals surface area contributed by atoms with Gasteiger partial charge in [-0.15, -0.1) is 0 Å². The van der Waals surface area contributed by atoms with Gasteiger partial charge < -0.3 is 19.1 Å². The molecule has 0 unspecified atom stereocenters. The number of piperidine rings is 1. The van der Waals surface area contributed by atoms with Gasteiger partial charge in [-0.05, 0) is 37.5 Å². The van der Waals surface area contributed by atoms with Crippen LogP contribution in [0.1, 0.15) is 25.3 Å². The van der Waals surface area contributed by atoms with Crippen molar-refractivity contribution >= 4 is 5.91 Å². The molecule has 3 atom stereocenters. The van der Waals surface area contributed by atoms with Crippen LogP contribution in [0.2, 0.25) is 0 Å². The molecule has 3 aliphatic heterocycles. The molecule has 1 aromatic rings. The van der Waals surface area contributed by atoms with Crippen LogP contribution in [-0.4, -0.2) is 42.9 Å². The maximum absolute atomic E-state index is 12.6. The highest BCUT2D eigenvalue weighted by Gasteiger charge is 2.38. The van der Waals surface area contributed by atoms with Gasteiger partial charge in [0.05, 0.1) is 18.6 Å². The zero-order chi connectivity index (χ0) is 15.1. The summed E-state index contributed by atoms with van der Waals surface area (Å²) in [5.41, 5.74) is 0.979. The van der Waals surface area contributed by atoms with E-state index in [9.17, 15) is 4.79 Å². The predicted molar refractivity (Wildman–Crippen MR) is 79.9 cm³/mol. The Labute approximate surface area is 130 Å². The molecule has 0 saturated carbocycles. The van der Waals surface area contributed by atoms with Crippen LogP contribution in [0.5, 0.6) is 11.5 Å². The first-order valence-corrected chi connectivity index (χ1v) is 8.01. The Morgan fingerprint density at radius 3 is 3.09 bits per heavy atom. The highest BCUT2D eigenvalue weighted by Crippen LogP contribution is 2.34. The molecule has 0 radical (unpaired) electrons. The van der Waals surface area contributed by atoms with E-state index in [1.807, 2.05) is 23.1 Å². The maximum atomic E-state index is 12.6. The van der Waals surface area contributed by atoms with E-state index in [-0.39, 0.29) is 12.7 Å². The average molecular weight is 303 g/mol. The minimum Gasteiger partial charge on any atom is -0.454 e. The summed E-state index contributed by atoms with van der Waals surface area (Å²) in [5.74, 6) is 2.19. The monoisotopic (exact) mass is 303 g/mol. The summed E-state index contributed by atoms with van der Waals surface area (Å²) >= 11 is 0. The first kappa shape index (κ1) is 13.9. The van der Waals surface area contributed by atoms with Crippen LogP contribution >= 0.6 is 0 Å². The molecule has 118 valence electrons. The summed E-state index contributed by atoms with van der Waals surface area (Å²) in [6, 6.07) is 5.73. The Kier molecular flexibility index (Phi) is 3.45. The number of nitrogens with zero attached hydrogens (tertiary/aromatic N) is 1. The van der Waals surface area contributed by atoms with E-state index in [4.69, 9.17) is 14.2 Å². The molecule has 0 spiro atoms. The molecule has 2 fully saturated rings. The molecule has 5 nitrogen and oxygen atoms in total. The van der Waals surface area contributed by atoms with Crippen molar-refractivity contribution in [2.75, 3.05) is 19.9 Å². The van der Waals surface area contributed by atoms with Gasteiger partial charge >= 0.3 is 0 Å². The van der Waals surface area contributed by atoms with Gasteiger partial charge in [0.25, 0.3) is 0 Å². The molecule has 3 heterocycles. The molecule has 22 heavy (non-hydrogen) atoms. The van der Waals surface area contributed by atoms with E-state index in [2.05, 4.69) is 6.92 Å². The summed E-state index contributed by atoms with van der Waals surface area (Å²) in [6.45, 7) is 4.02. The molecule has 5 heteroatoms. The smallest absolute Gasteiger partial charge is 0.231 e. The lowest BCUT2D eigenvalue weighted by atomic mass is 9.92. The Morgan fingerprint density at radius 1 is 1.32 bits per heavy atom. The van der Waals surface area contributed by atoms with Gasteiger partial charge in [0, 0.05) is 19.0 Å². The summed E-state index contributed by atoms with van der Waals surface area (Å²) < 4.78 is 16.6. The molecule has 0 bridgehead atoms. The molecule has 1 amide bonds. The van der Waals surface area contributed by atoms with Crippen molar-refractivity contribution in [2.24, 2.45) is 5.92 Å². The van der Waals surface area contributed by atoms with E-state index in [1.54, 1.807) is 0 Å². The van der Waals surface area contributed by atoms with Crippen LogP contribution in [-0.2, 0) is 16.0 Å². The number of carbonyl (C=O) groups is 1. The molecule has 1 aromatic carbocycles. The second-order valence-electron chi connectivity index (χ2n) is 6.47. The van der Waals surface area contributed by atoms with Gasteiger partial charge in [-0.25, -0.2) is 0 Å². The lowest BCUT2D eigenvalue weighted by Gasteiger charge is -2.34. The number of hydrogen-bond donors (Lipinski definition) is 0. The van der Waals surface area contributed by atoms with Crippen LogP contribution in [0.25, 0.3) is 0 Å². The van der Waals surface area contributed by atoms with Gasteiger partial charge in [-0.1, -0.05) is 6.07 Å². The zero-order valence-corrected chi connectivity index (χ0v) is 12.8. The third-order valence-corrected chi connectivity index (χ3v) is 4.85. The second-order valence-corrected chi connectivity index (χ2v) is 6.47. The highest BCUT2D eigenvalue weighted by molar-refractivity contribution is 5.79. The SMILES string of the molecule is C[C@H]1C[C@H]2CN(C(=O)Cc3ccc4c(c3)OCO4)CC[C@H]2O1. The van der Waals surface area contributed by atoms with Crippen molar-refractivity contribution in [3.63, 3.8) is 0 Å². The molecule has 0 N–H and O–H groups in total. The van der Waals surface area contributed by atoms with Gasteiger partial charge in [0.1, 0.15) is 0 Å². The molecule has 2 saturated heterocycles. The number of fused-ring (bicyclic) bond motifs is 2. The third-order valence-electron chi connectivity index (χ3n) is 4.85. The Hall–Kier alpha value is -1.75. The lowest BCUT2D eigenvalue weighted by Crippen LogP contribution is -2.45. The van der Waals surface area contributed by atoms with Crippen molar-refractivity contribution in [3.8, 4) is 11.5 Å². The standard InChI is InChI=1S/C17H21NO4/c1-11-6-13-9-18(5-4-14(13)22-11)17(19)8-12-2-3-15-16(7-12)21-10-20-15/h2-3,7,11,13-14H,4-6,8-10H2,1H3/t11-,13-,14+/m0/s1. The zero-order valence-electron chi connectivity index (χ0n) is 12.8. The fourth-order valence-corrected chi connectivity index (χ4v) is 3.76. The Morgan fingerprint density at radius 2 is 2.18 bits per heavy atom. The van der Waals surface area contributed by atoms with E-state index in [0.29, 0.717) is 24.5 Å². The Bertz CT molecular complexity index is 588. The van der Waals surface area contributed by atoms with Crippen molar-refractivity contribution < 1.29 is 19.0 Å². The highest BCUT2D eigenvalue weighted by atomic mass is 16.7. The van der Waals surface area contributed by atoms with Gasteiger partial charge in [0.15, 0.2) is 11.5 Å². The summed E-state index contributed by atoms with van der Waals surface area (Å²) in [4.78, 5) is 14.5. The fourth-order valence-electron chi connectivity index (χ4n) is 3.76. The number of benzene rings is 1. The summed E-state index contributed by atoms with van der Waals surface area (Å²) in [6.07, 6.45) is 3.13. The van der Waals surface area contributed by atoms with Crippen LogP contribution in [0.15, 0.2) is 18.2 Å². The quantitative estimate of drug-likeness (QED) is 0.838. The normalized spacial score (nSPS) is 29.5. The molecular formula is C17H21NO4. The van der Waals surface area contributed by atoms with Crippen molar-refractivity contribution in [1.29, 1.82) is 0 Å².